The third-order valence-electron chi connectivity index (χ3n) is 5.47. The third-order valence-corrected chi connectivity index (χ3v) is 8.51. The van der Waals surface area contributed by atoms with Gasteiger partial charge < -0.3 is 0 Å². The van der Waals surface area contributed by atoms with Gasteiger partial charge in [0.15, 0.2) is 5.13 Å². The fraction of sp³-hybridized carbons (Fsp3) is 0.200. The molecule has 0 saturated heterocycles. The van der Waals surface area contributed by atoms with Gasteiger partial charge in [-0.3, -0.25) is 9.69 Å². The van der Waals surface area contributed by atoms with E-state index in [0.717, 1.165) is 31.2 Å². The maximum atomic E-state index is 13.6. The summed E-state index contributed by atoms with van der Waals surface area (Å²) in [6.07, 6.45) is 0. The number of amides is 1. The van der Waals surface area contributed by atoms with E-state index in [1.807, 2.05) is 50.2 Å². The van der Waals surface area contributed by atoms with Crippen LogP contribution in [0.4, 0.5) is 5.13 Å². The highest BCUT2D eigenvalue weighted by Gasteiger charge is 2.24. The smallest absolute Gasteiger partial charge is 0.260 e. The predicted molar refractivity (Wildman–Crippen MR) is 133 cm³/mol. The Balaban J connectivity index is 1.76. The van der Waals surface area contributed by atoms with Crippen LogP contribution in [0.2, 0.25) is 0 Å². The summed E-state index contributed by atoms with van der Waals surface area (Å²) in [7, 11) is -0.611. The first-order chi connectivity index (χ1) is 15.7. The van der Waals surface area contributed by atoms with E-state index in [1.54, 1.807) is 17.0 Å². The lowest BCUT2D eigenvalue weighted by atomic mass is 10.1. The van der Waals surface area contributed by atoms with Crippen LogP contribution in [0, 0.1) is 13.8 Å². The van der Waals surface area contributed by atoms with E-state index >= 15 is 0 Å². The SMILES string of the molecule is Cc1ccc(C)c2sc(N(Cc3ccccc3)C(=O)c3ccc(S(=O)(=O)N(C)C)cc3)nc12. The Bertz CT molecular complexity index is 1370. The van der Waals surface area contributed by atoms with Crippen molar-refractivity contribution in [1.29, 1.82) is 0 Å². The van der Waals surface area contributed by atoms with E-state index < -0.39 is 10.0 Å². The van der Waals surface area contributed by atoms with Crippen molar-refractivity contribution in [2.24, 2.45) is 0 Å². The summed E-state index contributed by atoms with van der Waals surface area (Å²) in [6.45, 7) is 4.41. The Labute approximate surface area is 198 Å². The number of hydrogen-bond acceptors (Lipinski definition) is 5. The summed E-state index contributed by atoms with van der Waals surface area (Å²) in [4.78, 5) is 20.2. The summed E-state index contributed by atoms with van der Waals surface area (Å²) in [5.41, 5.74) is 4.45. The first-order valence-electron chi connectivity index (χ1n) is 10.4. The molecule has 0 radical (unpaired) electrons. The average molecular weight is 480 g/mol. The first-order valence-corrected chi connectivity index (χ1v) is 12.7. The molecule has 6 nitrogen and oxygen atoms in total. The number of aryl methyl sites for hydroxylation is 2. The van der Waals surface area contributed by atoms with Gasteiger partial charge in [-0.2, -0.15) is 0 Å². The van der Waals surface area contributed by atoms with E-state index in [4.69, 9.17) is 4.98 Å². The molecular weight excluding hydrogens is 454 g/mol. The van der Waals surface area contributed by atoms with Crippen molar-refractivity contribution in [1.82, 2.24) is 9.29 Å². The lowest BCUT2D eigenvalue weighted by molar-refractivity contribution is 0.0985. The molecule has 0 aliphatic rings. The number of rotatable bonds is 6. The minimum absolute atomic E-state index is 0.143. The Morgan fingerprint density at radius 1 is 0.909 bits per heavy atom. The van der Waals surface area contributed by atoms with Crippen molar-refractivity contribution in [3.05, 3.63) is 89.0 Å². The number of benzene rings is 3. The van der Waals surface area contributed by atoms with Gasteiger partial charge in [-0.25, -0.2) is 17.7 Å². The number of nitrogens with zero attached hydrogens (tertiary/aromatic N) is 3. The van der Waals surface area contributed by atoms with Gasteiger partial charge in [0.25, 0.3) is 5.91 Å². The maximum Gasteiger partial charge on any atom is 0.260 e. The van der Waals surface area contributed by atoms with Crippen molar-refractivity contribution >= 4 is 42.6 Å². The standard InChI is InChI=1S/C25H25N3O3S2/c1-17-10-11-18(2)23-22(17)26-25(32-23)28(16-19-8-6-5-7-9-19)24(29)20-12-14-21(15-13-20)33(30,31)27(3)4/h5-15H,16H2,1-4H3. The molecule has 0 unspecified atom stereocenters. The minimum atomic E-state index is -3.57. The van der Waals surface area contributed by atoms with Crippen LogP contribution < -0.4 is 4.90 Å². The molecule has 1 amide bonds. The van der Waals surface area contributed by atoms with Gasteiger partial charge in [-0.15, -0.1) is 0 Å². The second kappa shape index (κ2) is 9.05. The van der Waals surface area contributed by atoms with Gasteiger partial charge in [0.2, 0.25) is 10.0 Å². The number of carbonyl (C=O) groups excluding carboxylic acids is 1. The molecule has 8 heteroatoms. The fourth-order valence-electron chi connectivity index (χ4n) is 3.49. The molecule has 3 aromatic carbocycles. The number of anilines is 1. The van der Waals surface area contributed by atoms with Gasteiger partial charge in [0.1, 0.15) is 0 Å². The number of aromatic nitrogens is 1. The van der Waals surface area contributed by atoms with Gasteiger partial charge in [0.05, 0.1) is 21.7 Å². The van der Waals surface area contributed by atoms with Crippen LogP contribution in [-0.2, 0) is 16.6 Å². The highest BCUT2D eigenvalue weighted by atomic mass is 32.2. The monoisotopic (exact) mass is 479 g/mol. The zero-order valence-corrected chi connectivity index (χ0v) is 20.6. The molecule has 0 spiro atoms. The molecule has 0 bridgehead atoms. The predicted octanol–water partition coefficient (Wildman–Crippen LogP) is 5.01. The normalized spacial score (nSPS) is 11.8. The zero-order chi connectivity index (χ0) is 23.8. The highest BCUT2D eigenvalue weighted by molar-refractivity contribution is 7.89. The average Bonchev–Trinajstić information content (AvgIpc) is 3.27. The van der Waals surface area contributed by atoms with Crippen LogP contribution in [0.5, 0.6) is 0 Å². The minimum Gasteiger partial charge on any atom is -0.279 e. The zero-order valence-electron chi connectivity index (χ0n) is 18.9. The molecule has 0 aliphatic carbocycles. The van der Waals surface area contributed by atoms with E-state index in [2.05, 4.69) is 6.07 Å². The summed E-state index contributed by atoms with van der Waals surface area (Å²) in [6, 6.07) is 19.9. The van der Waals surface area contributed by atoms with Crippen molar-refractivity contribution in [2.45, 2.75) is 25.3 Å². The van der Waals surface area contributed by atoms with Gasteiger partial charge in [0, 0.05) is 19.7 Å². The maximum absolute atomic E-state index is 13.6. The summed E-state index contributed by atoms with van der Waals surface area (Å²) >= 11 is 1.49. The molecule has 170 valence electrons. The summed E-state index contributed by atoms with van der Waals surface area (Å²) in [5, 5.41) is 0.612. The lowest BCUT2D eigenvalue weighted by Crippen LogP contribution is -2.30. The topological polar surface area (TPSA) is 70.6 Å². The molecule has 33 heavy (non-hydrogen) atoms. The van der Waals surface area contributed by atoms with Crippen LogP contribution >= 0.6 is 11.3 Å². The molecule has 0 aliphatic heterocycles. The molecule has 0 N–H and O–H groups in total. The van der Waals surface area contributed by atoms with Crippen LogP contribution in [-0.4, -0.2) is 37.7 Å². The van der Waals surface area contributed by atoms with E-state index in [9.17, 15) is 13.2 Å². The summed E-state index contributed by atoms with van der Waals surface area (Å²) in [5.74, 6) is -0.234. The Hall–Kier alpha value is -3.07. The van der Waals surface area contributed by atoms with E-state index in [0.29, 0.717) is 17.2 Å². The molecular formula is C25H25N3O3S2. The van der Waals surface area contributed by atoms with E-state index in [1.165, 1.54) is 37.6 Å². The Morgan fingerprint density at radius 2 is 1.55 bits per heavy atom. The number of hydrogen-bond donors (Lipinski definition) is 0. The number of fused-ring (bicyclic) bond motifs is 1. The summed E-state index contributed by atoms with van der Waals surface area (Å²) < 4.78 is 27.0. The first kappa shape index (κ1) is 23.1. The Kier molecular flexibility index (Phi) is 6.34. The molecule has 0 atom stereocenters. The largest absolute Gasteiger partial charge is 0.279 e. The van der Waals surface area contributed by atoms with Crippen LogP contribution in [0.15, 0.2) is 71.6 Å². The molecule has 1 aromatic heterocycles. The third kappa shape index (κ3) is 4.55. The molecule has 4 aromatic rings. The number of carbonyl (C=O) groups is 1. The second-order valence-electron chi connectivity index (χ2n) is 8.06. The number of thiazole rings is 1. The molecule has 0 fully saturated rings. The van der Waals surface area contributed by atoms with Crippen molar-refractivity contribution in [3.8, 4) is 0 Å². The lowest BCUT2D eigenvalue weighted by Gasteiger charge is -2.20. The van der Waals surface area contributed by atoms with Gasteiger partial charge in [-0.05, 0) is 54.8 Å². The highest BCUT2D eigenvalue weighted by Crippen LogP contribution is 2.34. The van der Waals surface area contributed by atoms with Gasteiger partial charge in [-0.1, -0.05) is 53.8 Å². The van der Waals surface area contributed by atoms with Gasteiger partial charge >= 0.3 is 0 Å². The molecule has 0 saturated carbocycles. The molecule has 1 heterocycles. The quantitative estimate of drug-likeness (QED) is 0.390. The molecule has 4 rings (SSSR count). The van der Waals surface area contributed by atoms with Crippen LogP contribution in [0.1, 0.15) is 27.0 Å². The van der Waals surface area contributed by atoms with Crippen LogP contribution in [0.25, 0.3) is 10.2 Å². The van der Waals surface area contributed by atoms with Crippen molar-refractivity contribution < 1.29 is 13.2 Å². The van der Waals surface area contributed by atoms with Crippen molar-refractivity contribution in [2.75, 3.05) is 19.0 Å². The number of sulfonamides is 1. The fourth-order valence-corrected chi connectivity index (χ4v) is 5.50. The van der Waals surface area contributed by atoms with Crippen molar-refractivity contribution in [3.63, 3.8) is 0 Å². The van der Waals surface area contributed by atoms with Crippen LogP contribution in [0.3, 0.4) is 0 Å². The van der Waals surface area contributed by atoms with E-state index in [-0.39, 0.29) is 10.8 Å². The Morgan fingerprint density at radius 3 is 2.15 bits per heavy atom. The second-order valence-corrected chi connectivity index (χ2v) is 11.2.